The van der Waals surface area contributed by atoms with E-state index in [4.69, 9.17) is 5.73 Å². The van der Waals surface area contributed by atoms with Crippen molar-refractivity contribution in [2.45, 2.75) is 25.8 Å². The van der Waals surface area contributed by atoms with Crippen LogP contribution in [0.15, 0.2) is 42.7 Å². The maximum Gasteiger partial charge on any atom is 0.217 e. The Morgan fingerprint density at radius 3 is 2.80 bits per heavy atom. The number of unbranched alkanes of at least 4 members (excludes halogenated alkanes) is 1. The number of nitrogens with one attached hydrogen (secondary N) is 1. The van der Waals surface area contributed by atoms with Gasteiger partial charge < -0.3 is 11.1 Å². The van der Waals surface area contributed by atoms with Crippen molar-refractivity contribution in [3.8, 4) is 5.69 Å². The number of amides is 1. The van der Waals surface area contributed by atoms with Crippen LogP contribution in [0.4, 0.5) is 0 Å². The van der Waals surface area contributed by atoms with E-state index in [2.05, 4.69) is 10.4 Å². The summed E-state index contributed by atoms with van der Waals surface area (Å²) in [7, 11) is 0. The smallest absolute Gasteiger partial charge is 0.217 e. The normalized spacial score (nSPS) is 10.6. The molecule has 0 saturated heterocycles. The minimum absolute atomic E-state index is 0.228. The third kappa shape index (κ3) is 4.51. The SMILES string of the molecule is NC(=O)CCCCNCc1cnn(-c2ccccc2)c1. The second-order valence-corrected chi connectivity index (χ2v) is 4.73. The van der Waals surface area contributed by atoms with Crippen LogP contribution in [0.25, 0.3) is 5.69 Å². The standard InChI is InChI=1S/C15H20N4O/c16-15(20)8-4-5-9-17-10-13-11-18-19(12-13)14-6-2-1-3-7-14/h1-3,6-7,11-12,17H,4-5,8-10H2,(H2,16,20). The lowest BCUT2D eigenvalue weighted by atomic mass is 10.2. The van der Waals surface area contributed by atoms with E-state index in [1.807, 2.05) is 47.4 Å². The minimum Gasteiger partial charge on any atom is -0.370 e. The molecule has 5 heteroatoms. The van der Waals surface area contributed by atoms with Crippen molar-refractivity contribution in [3.05, 3.63) is 48.3 Å². The number of benzene rings is 1. The summed E-state index contributed by atoms with van der Waals surface area (Å²) in [5, 5.41) is 7.67. The van der Waals surface area contributed by atoms with Crippen molar-refractivity contribution < 1.29 is 4.79 Å². The van der Waals surface area contributed by atoms with E-state index in [0.717, 1.165) is 37.2 Å². The largest absolute Gasteiger partial charge is 0.370 e. The molecule has 0 bridgehead atoms. The summed E-state index contributed by atoms with van der Waals surface area (Å²) in [6.07, 6.45) is 6.14. The topological polar surface area (TPSA) is 72.9 Å². The molecule has 1 amide bonds. The van der Waals surface area contributed by atoms with Gasteiger partial charge in [0.25, 0.3) is 0 Å². The highest BCUT2D eigenvalue weighted by Gasteiger charge is 2.00. The number of hydrogen-bond acceptors (Lipinski definition) is 3. The van der Waals surface area contributed by atoms with E-state index in [0.29, 0.717) is 6.42 Å². The van der Waals surface area contributed by atoms with Crippen LogP contribution in [0.5, 0.6) is 0 Å². The van der Waals surface area contributed by atoms with Crippen LogP contribution in [-0.2, 0) is 11.3 Å². The molecule has 1 aromatic carbocycles. The van der Waals surface area contributed by atoms with E-state index < -0.39 is 0 Å². The van der Waals surface area contributed by atoms with Gasteiger partial charge in [-0.1, -0.05) is 18.2 Å². The van der Waals surface area contributed by atoms with Gasteiger partial charge in [0, 0.05) is 24.7 Å². The third-order valence-corrected chi connectivity index (χ3v) is 3.01. The molecule has 106 valence electrons. The van der Waals surface area contributed by atoms with Crippen molar-refractivity contribution >= 4 is 5.91 Å². The molecule has 3 N–H and O–H groups in total. The maximum absolute atomic E-state index is 10.6. The number of hydrogen-bond donors (Lipinski definition) is 2. The van der Waals surface area contributed by atoms with Gasteiger partial charge in [-0.2, -0.15) is 5.10 Å². The Kier molecular flexibility index (Phi) is 5.32. The van der Waals surface area contributed by atoms with Crippen LogP contribution in [0.1, 0.15) is 24.8 Å². The Morgan fingerprint density at radius 2 is 2.05 bits per heavy atom. The lowest BCUT2D eigenvalue weighted by molar-refractivity contribution is -0.118. The van der Waals surface area contributed by atoms with Gasteiger partial charge in [0.2, 0.25) is 5.91 Å². The number of carbonyl (C=O) groups excluding carboxylic acids is 1. The van der Waals surface area contributed by atoms with Gasteiger partial charge >= 0.3 is 0 Å². The van der Waals surface area contributed by atoms with Crippen LogP contribution in [0.2, 0.25) is 0 Å². The first-order valence-corrected chi connectivity index (χ1v) is 6.84. The molecule has 0 fully saturated rings. The summed E-state index contributed by atoms with van der Waals surface area (Å²) >= 11 is 0. The highest BCUT2D eigenvalue weighted by molar-refractivity contribution is 5.73. The van der Waals surface area contributed by atoms with Crippen LogP contribution < -0.4 is 11.1 Å². The first-order valence-electron chi connectivity index (χ1n) is 6.84. The fraction of sp³-hybridized carbons (Fsp3) is 0.333. The average Bonchev–Trinajstić information content (AvgIpc) is 2.92. The highest BCUT2D eigenvalue weighted by Crippen LogP contribution is 2.07. The van der Waals surface area contributed by atoms with Gasteiger partial charge in [0.1, 0.15) is 0 Å². The number of carbonyl (C=O) groups is 1. The Balaban J connectivity index is 1.72. The van der Waals surface area contributed by atoms with E-state index in [9.17, 15) is 4.79 Å². The molecular formula is C15H20N4O. The summed E-state index contributed by atoms with van der Waals surface area (Å²) in [5.41, 5.74) is 7.28. The second-order valence-electron chi connectivity index (χ2n) is 4.73. The summed E-state index contributed by atoms with van der Waals surface area (Å²) < 4.78 is 1.87. The molecule has 1 heterocycles. The Bertz CT molecular complexity index is 536. The zero-order valence-corrected chi connectivity index (χ0v) is 11.5. The van der Waals surface area contributed by atoms with Crippen LogP contribution in [0, 0.1) is 0 Å². The first-order chi connectivity index (χ1) is 9.75. The lowest BCUT2D eigenvalue weighted by Crippen LogP contribution is -2.16. The summed E-state index contributed by atoms with van der Waals surface area (Å²) in [4.78, 5) is 10.6. The van der Waals surface area contributed by atoms with Crippen molar-refractivity contribution in [2.24, 2.45) is 5.73 Å². The predicted molar refractivity (Wildman–Crippen MR) is 78.3 cm³/mol. The van der Waals surface area contributed by atoms with E-state index >= 15 is 0 Å². The number of nitrogens with two attached hydrogens (primary N) is 1. The van der Waals surface area contributed by atoms with Crippen molar-refractivity contribution in [3.63, 3.8) is 0 Å². The zero-order valence-electron chi connectivity index (χ0n) is 11.5. The van der Waals surface area contributed by atoms with Gasteiger partial charge in [0.15, 0.2) is 0 Å². The monoisotopic (exact) mass is 272 g/mol. The highest BCUT2D eigenvalue weighted by atomic mass is 16.1. The molecule has 0 atom stereocenters. The molecule has 2 aromatic rings. The predicted octanol–water partition coefficient (Wildman–Crippen LogP) is 1.62. The molecule has 0 saturated carbocycles. The van der Waals surface area contributed by atoms with E-state index in [-0.39, 0.29) is 5.91 Å². The molecule has 0 aliphatic rings. The molecule has 0 unspecified atom stereocenters. The van der Waals surface area contributed by atoms with Gasteiger partial charge in [-0.15, -0.1) is 0 Å². The average molecular weight is 272 g/mol. The fourth-order valence-corrected chi connectivity index (χ4v) is 1.96. The van der Waals surface area contributed by atoms with Crippen molar-refractivity contribution in [2.75, 3.05) is 6.54 Å². The minimum atomic E-state index is -0.228. The molecule has 0 aliphatic carbocycles. The molecule has 2 rings (SSSR count). The molecule has 0 spiro atoms. The van der Waals surface area contributed by atoms with Gasteiger partial charge in [-0.05, 0) is 31.5 Å². The third-order valence-electron chi connectivity index (χ3n) is 3.01. The summed E-state index contributed by atoms with van der Waals surface area (Å²) in [6.45, 7) is 1.66. The molecular weight excluding hydrogens is 252 g/mol. The molecule has 0 radical (unpaired) electrons. The Hall–Kier alpha value is -2.14. The quantitative estimate of drug-likeness (QED) is 0.717. The van der Waals surface area contributed by atoms with Crippen LogP contribution in [0.3, 0.4) is 0 Å². The zero-order chi connectivity index (χ0) is 14.2. The van der Waals surface area contributed by atoms with Crippen LogP contribution in [-0.4, -0.2) is 22.2 Å². The summed E-state index contributed by atoms with van der Waals surface area (Å²) in [6, 6.07) is 10.0. The first kappa shape index (κ1) is 14.3. The fourth-order valence-electron chi connectivity index (χ4n) is 1.96. The summed E-state index contributed by atoms with van der Waals surface area (Å²) in [5.74, 6) is -0.228. The van der Waals surface area contributed by atoms with Crippen molar-refractivity contribution in [1.29, 1.82) is 0 Å². The van der Waals surface area contributed by atoms with Gasteiger partial charge in [-0.3, -0.25) is 4.79 Å². The molecule has 5 nitrogen and oxygen atoms in total. The maximum atomic E-state index is 10.6. The van der Waals surface area contributed by atoms with Gasteiger partial charge in [0.05, 0.1) is 11.9 Å². The molecule has 0 aliphatic heterocycles. The Morgan fingerprint density at radius 1 is 1.25 bits per heavy atom. The number of nitrogens with zero attached hydrogens (tertiary/aromatic N) is 2. The van der Waals surface area contributed by atoms with Gasteiger partial charge in [-0.25, -0.2) is 4.68 Å². The van der Waals surface area contributed by atoms with Crippen molar-refractivity contribution in [1.82, 2.24) is 15.1 Å². The second kappa shape index (κ2) is 7.45. The van der Waals surface area contributed by atoms with E-state index in [1.165, 1.54) is 0 Å². The number of primary amides is 1. The Labute approximate surface area is 118 Å². The molecule has 1 aromatic heterocycles. The number of aromatic nitrogens is 2. The van der Waals surface area contributed by atoms with Crippen LogP contribution >= 0.6 is 0 Å². The number of rotatable bonds is 8. The molecule has 20 heavy (non-hydrogen) atoms. The van der Waals surface area contributed by atoms with E-state index in [1.54, 1.807) is 0 Å². The lowest BCUT2D eigenvalue weighted by Gasteiger charge is -2.02. The number of para-hydroxylation sites is 1.